The maximum Gasteiger partial charge on any atom is 0.150 e. The van der Waals surface area contributed by atoms with Gasteiger partial charge in [-0.3, -0.25) is 4.68 Å². The largest absolute Gasteiger partial charge is 0.354 e. The van der Waals surface area contributed by atoms with Crippen LogP contribution in [-0.4, -0.2) is 35.0 Å². The molecule has 1 N–H and O–H groups in total. The van der Waals surface area contributed by atoms with E-state index in [1.807, 2.05) is 17.9 Å². The molecule has 0 amide bonds. The fraction of sp³-hybridized carbons (Fsp3) is 0.727. The number of aryl methyl sites for hydroxylation is 1. The van der Waals surface area contributed by atoms with Gasteiger partial charge >= 0.3 is 0 Å². The van der Waals surface area contributed by atoms with E-state index in [1.165, 1.54) is 19.3 Å². The summed E-state index contributed by atoms with van der Waals surface area (Å²) in [7, 11) is 1.97. The lowest BCUT2D eigenvalue weighted by atomic mass is 10.2. The standard InChI is InChI=1S/C11H18N4/c1-14-6-5-11(13-14)15-7-4-10(8-15)12-9-2-3-9/h5-6,9-10,12H,2-4,7-8H2,1H3. The second kappa shape index (κ2) is 3.52. The quantitative estimate of drug-likeness (QED) is 0.792. The maximum atomic E-state index is 4.44. The molecule has 4 nitrogen and oxygen atoms in total. The minimum absolute atomic E-state index is 0.680. The summed E-state index contributed by atoms with van der Waals surface area (Å²) < 4.78 is 1.87. The number of aromatic nitrogens is 2. The summed E-state index contributed by atoms with van der Waals surface area (Å²) in [4.78, 5) is 2.38. The Bertz CT molecular complexity index is 342. The Morgan fingerprint density at radius 2 is 2.20 bits per heavy atom. The van der Waals surface area contributed by atoms with Crippen molar-refractivity contribution >= 4 is 5.82 Å². The second-order valence-electron chi connectivity index (χ2n) is 4.72. The minimum Gasteiger partial charge on any atom is -0.354 e. The van der Waals surface area contributed by atoms with Crippen LogP contribution in [0.4, 0.5) is 5.82 Å². The number of anilines is 1. The predicted octanol–water partition coefficient (Wildman–Crippen LogP) is 0.751. The Labute approximate surface area is 90.3 Å². The van der Waals surface area contributed by atoms with Crippen molar-refractivity contribution < 1.29 is 0 Å². The van der Waals surface area contributed by atoms with E-state index in [1.54, 1.807) is 0 Å². The van der Waals surface area contributed by atoms with Crippen LogP contribution in [0.1, 0.15) is 19.3 Å². The lowest BCUT2D eigenvalue weighted by Crippen LogP contribution is -2.34. The Morgan fingerprint density at radius 1 is 1.33 bits per heavy atom. The first-order valence-corrected chi connectivity index (χ1v) is 5.82. The van der Waals surface area contributed by atoms with E-state index >= 15 is 0 Å². The van der Waals surface area contributed by atoms with Crippen LogP contribution in [0, 0.1) is 0 Å². The van der Waals surface area contributed by atoms with E-state index in [2.05, 4.69) is 21.4 Å². The maximum absolute atomic E-state index is 4.44. The lowest BCUT2D eigenvalue weighted by Gasteiger charge is -2.15. The summed E-state index contributed by atoms with van der Waals surface area (Å²) in [6.45, 7) is 2.26. The van der Waals surface area contributed by atoms with Crippen molar-refractivity contribution in [3.8, 4) is 0 Å². The van der Waals surface area contributed by atoms with Crippen LogP contribution >= 0.6 is 0 Å². The number of hydrogen-bond acceptors (Lipinski definition) is 3. The normalized spacial score (nSPS) is 26.2. The van der Waals surface area contributed by atoms with E-state index in [-0.39, 0.29) is 0 Å². The Kier molecular flexibility index (Phi) is 2.16. The molecular weight excluding hydrogens is 188 g/mol. The zero-order chi connectivity index (χ0) is 10.3. The average molecular weight is 206 g/mol. The third kappa shape index (κ3) is 2.00. The van der Waals surface area contributed by atoms with Gasteiger partial charge < -0.3 is 10.2 Å². The Hall–Kier alpha value is -1.03. The van der Waals surface area contributed by atoms with Crippen LogP contribution in [0.5, 0.6) is 0 Å². The summed E-state index contributed by atoms with van der Waals surface area (Å²) in [5, 5.41) is 8.12. The summed E-state index contributed by atoms with van der Waals surface area (Å²) in [6.07, 6.45) is 6.02. The molecule has 1 aliphatic carbocycles. The Morgan fingerprint density at radius 3 is 2.87 bits per heavy atom. The molecule has 0 spiro atoms. The van der Waals surface area contributed by atoms with Gasteiger partial charge in [-0.05, 0) is 19.3 Å². The molecule has 0 radical (unpaired) electrons. The molecule has 1 saturated heterocycles. The highest BCUT2D eigenvalue weighted by molar-refractivity contribution is 5.38. The van der Waals surface area contributed by atoms with Crippen LogP contribution in [-0.2, 0) is 7.05 Å². The molecule has 82 valence electrons. The molecule has 0 bridgehead atoms. The molecule has 1 aromatic heterocycles. The van der Waals surface area contributed by atoms with Gasteiger partial charge in [0.15, 0.2) is 5.82 Å². The van der Waals surface area contributed by atoms with Gasteiger partial charge in [-0.2, -0.15) is 5.10 Å². The smallest absolute Gasteiger partial charge is 0.150 e. The number of nitrogens with one attached hydrogen (secondary N) is 1. The molecule has 0 aromatic carbocycles. The summed E-state index contributed by atoms with van der Waals surface area (Å²) in [5.74, 6) is 1.12. The minimum atomic E-state index is 0.680. The van der Waals surface area contributed by atoms with E-state index < -0.39 is 0 Å². The molecule has 2 heterocycles. The third-order valence-electron chi connectivity index (χ3n) is 3.26. The van der Waals surface area contributed by atoms with Crippen molar-refractivity contribution in [3.05, 3.63) is 12.3 Å². The third-order valence-corrected chi connectivity index (χ3v) is 3.26. The SMILES string of the molecule is Cn1ccc(N2CCC(NC3CC3)C2)n1. The van der Waals surface area contributed by atoms with Gasteiger partial charge in [0.1, 0.15) is 0 Å². The van der Waals surface area contributed by atoms with E-state index in [4.69, 9.17) is 0 Å². The first-order valence-electron chi connectivity index (χ1n) is 5.82. The van der Waals surface area contributed by atoms with Crippen molar-refractivity contribution in [3.63, 3.8) is 0 Å². The number of hydrogen-bond donors (Lipinski definition) is 1. The molecule has 3 rings (SSSR count). The van der Waals surface area contributed by atoms with Gasteiger partial charge in [0, 0.05) is 44.5 Å². The average Bonchev–Trinajstić information content (AvgIpc) is 2.74. The summed E-state index contributed by atoms with van der Waals surface area (Å²) in [6, 6.07) is 3.60. The van der Waals surface area contributed by atoms with Gasteiger partial charge in [0.2, 0.25) is 0 Å². The van der Waals surface area contributed by atoms with E-state index in [0.29, 0.717) is 6.04 Å². The molecule has 4 heteroatoms. The molecular formula is C11H18N4. The fourth-order valence-electron chi connectivity index (χ4n) is 2.26. The van der Waals surface area contributed by atoms with Crippen LogP contribution in [0.25, 0.3) is 0 Å². The van der Waals surface area contributed by atoms with Crippen molar-refractivity contribution in [1.29, 1.82) is 0 Å². The highest BCUT2D eigenvalue weighted by Crippen LogP contribution is 2.23. The van der Waals surface area contributed by atoms with Gasteiger partial charge in [0.25, 0.3) is 0 Å². The summed E-state index contributed by atoms with van der Waals surface area (Å²) in [5.41, 5.74) is 0. The van der Waals surface area contributed by atoms with Crippen LogP contribution < -0.4 is 10.2 Å². The van der Waals surface area contributed by atoms with Gasteiger partial charge in [0.05, 0.1) is 0 Å². The molecule has 2 aliphatic rings. The van der Waals surface area contributed by atoms with Gasteiger partial charge in [-0.1, -0.05) is 0 Å². The highest BCUT2D eigenvalue weighted by Gasteiger charge is 2.29. The molecule has 1 aliphatic heterocycles. The second-order valence-corrected chi connectivity index (χ2v) is 4.72. The van der Waals surface area contributed by atoms with Crippen molar-refractivity contribution in [2.75, 3.05) is 18.0 Å². The first-order chi connectivity index (χ1) is 7.31. The number of rotatable bonds is 3. The van der Waals surface area contributed by atoms with E-state index in [0.717, 1.165) is 24.9 Å². The van der Waals surface area contributed by atoms with Crippen molar-refractivity contribution in [2.45, 2.75) is 31.3 Å². The first kappa shape index (κ1) is 9.21. The predicted molar refractivity (Wildman–Crippen MR) is 60.0 cm³/mol. The van der Waals surface area contributed by atoms with Gasteiger partial charge in [-0.15, -0.1) is 0 Å². The fourth-order valence-corrected chi connectivity index (χ4v) is 2.26. The molecule has 1 unspecified atom stereocenters. The Balaban J connectivity index is 1.60. The van der Waals surface area contributed by atoms with Crippen molar-refractivity contribution in [1.82, 2.24) is 15.1 Å². The monoisotopic (exact) mass is 206 g/mol. The topological polar surface area (TPSA) is 33.1 Å². The van der Waals surface area contributed by atoms with E-state index in [9.17, 15) is 0 Å². The summed E-state index contributed by atoms with van der Waals surface area (Å²) >= 11 is 0. The molecule has 1 saturated carbocycles. The van der Waals surface area contributed by atoms with Crippen molar-refractivity contribution in [2.24, 2.45) is 7.05 Å². The molecule has 15 heavy (non-hydrogen) atoms. The zero-order valence-electron chi connectivity index (χ0n) is 9.19. The van der Waals surface area contributed by atoms with Crippen LogP contribution in [0.15, 0.2) is 12.3 Å². The lowest BCUT2D eigenvalue weighted by molar-refractivity contribution is 0.548. The zero-order valence-corrected chi connectivity index (χ0v) is 9.19. The number of nitrogens with zero attached hydrogens (tertiary/aromatic N) is 3. The molecule has 1 atom stereocenters. The molecule has 1 aromatic rings. The molecule has 2 fully saturated rings. The highest BCUT2D eigenvalue weighted by atomic mass is 15.3. The van der Waals surface area contributed by atoms with Crippen LogP contribution in [0.3, 0.4) is 0 Å². The van der Waals surface area contributed by atoms with Crippen LogP contribution in [0.2, 0.25) is 0 Å². The van der Waals surface area contributed by atoms with Gasteiger partial charge in [-0.25, -0.2) is 0 Å².